The lowest BCUT2D eigenvalue weighted by Crippen LogP contribution is -2.47. The monoisotopic (exact) mass is 489 g/mol. The summed E-state index contributed by atoms with van der Waals surface area (Å²) in [6.07, 6.45) is -1.15. The van der Waals surface area contributed by atoms with Gasteiger partial charge in [0.15, 0.2) is 6.10 Å². The van der Waals surface area contributed by atoms with Gasteiger partial charge >= 0.3 is 5.97 Å². The molecule has 1 unspecified atom stereocenters. The second-order valence-electron chi connectivity index (χ2n) is 8.43. The van der Waals surface area contributed by atoms with Crippen molar-refractivity contribution >= 4 is 33.5 Å². The van der Waals surface area contributed by atoms with Crippen molar-refractivity contribution in [2.45, 2.75) is 57.7 Å². The Hall–Kier alpha value is -3.24. The molecule has 9 nitrogen and oxygen atoms in total. The van der Waals surface area contributed by atoms with Crippen LogP contribution in [0.1, 0.15) is 45.0 Å². The number of nitrogens with one attached hydrogen (secondary N) is 3. The van der Waals surface area contributed by atoms with Gasteiger partial charge in [-0.05, 0) is 63.1 Å². The van der Waals surface area contributed by atoms with E-state index in [0.29, 0.717) is 11.3 Å². The number of hydrogen-bond donors (Lipinski definition) is 3. The molecule has 0 heterocycles. The summed E-state index contributed by atoms with van der Waals surface area (Å²) in [7, 11) is -3.65. The van der Waals surface area contributed by atoms with E-state index in [-0.39, 0.29) is 16.9 Å². The smallest absolute Gasteiger partial charge is 0.329 e. The van der Waals surface area contributed by atoms with Gasteiger partial charge in [0, 0.05) is 17.3 Å². The average molecular weight is 490 g/mol. The lowest BCUT2D eigenvalue weighted by Gasteiger charge is -2.23. The van der Waals surface area contributed by atoms with Crippen LogP contribution in [0.2, 0.25) is 0 Å². The number of anilines is 1. The Balaban J connectivity index is 1.99. The summed E-state index contributed by atoms with van der Waals surface area (Å²) in [5.74, 6) is -2.02. The van der Waals surface area contributed by atoms with Gasteiger partial charge in [0.2, 0.25) is 10.0 Å². The molecule has 0 aliphatic carbocycles. The van der Waals surface area contributed by atoms with Crippen molar-refractivity contribution in [3.05, 3.63) is 60.2 Å². The third-order valence-electron chi connectivity index (χ3n) is 4.73. The summed E-state index contributed by atoms with van der Waals surface area (Å²) in [5.41, 5.74) is 0.745. The van der Waals surface area contributed by atoms with Crippen molar-refractivity contribution in [2.75, 3.05) is 5.32 Å². The van der Waals surface area contributed by atoms with Crippen molar-refractivity contribution in [3.8, 4) is 0 Å². The molecule has 3 N–H and O–H groups in total. The summed E-state index contributed by atoms with van der Waals surface area (Å²) in [5, 5.41) is 5.23. The first kappa shape index (κ1) is 27.0. The molecule has 0 aromatic heterocycles. The number of sulfonamides is 1. The molecule has 0 aliphatic heterocycles. The van der Waals surface area contributed by atoms with Gasteiger partial charge in [0.25, 0.3) is 11.8 Å². The predicted molar refractivity (Wildman–Crippen MR) is 129 cm³/mol. The Labute approximate surface area is 200 Å². The highest BCUT2D eigenvalue weighted by atomic mass is 32.2. The third kappa shape index (κ3) is 7.67. The number of carbonyl (C=O) groups excluding carboxylic acids is 3. The minimum Gasteiger partial charge on any atom is -0.451 e. The quantitative estimate of drug-likeness (QED) is 0.440. The molecule has 2 amide bonds. The molecule has 0 saturated heterocycles. The van der Waals surface area contributed by atoms with E-state index < -0.39 is 40.0 Å². The normalized spacial score (nSPS) is 13.3. The summed E-state index contributed by atoms with van der Waals surface area (Å²) >= 11 is 0. The van der Waals surface area contributed by atoms with Crippen LogP contribution in [0.3, 0.4) is 0 Å². The molecule has 10 heteroatoms. The lowest BCUT2D eigenvalue weighted by atomic mass is 10.0. The largest absolute Gasteiger partial charge is 0.451 e. The van der Waals surface area contributed by atoms with Crippen LogP contribution < -0.4 is 15.4 Å². The number of hydrogen-bond acceptors (Lipinski definition) is 6. The minimum atomic E-state index is -3.65. The first-order valence-corrected chi connectivity index (χ1v) is 12.4. The van der Waals surface area contributed by atoms with E-state index in [2.05, 4.69) is 15.4 Å². The maximum Gasteiger partial charge on any atom is 0.329 e. The first-order valence-electron chi connectivity index (χ1n) is 10.9. The van der Waals surface area contributed by atoms with E-state index in [0.717, 1.165) is 0 Å². The van der Waals surface area contributed by atoms with E-state index in [4.69, 9.17) is 4.74 Å². The van der Waals surface area contributed by atoms with Crippen molar-refractivity contribution < 1.29 is 27.5 Å². The second-order valence-corrected chi connectivity index (χ2v) is 10.1. The molecule has 0 aliphatic rings. The number of ether oxygens (including phenoxy) is 1. The highest BCUT2D eigenvalue weighted by Gasteiger charge is 2.29. The van der Waals surface area contributed by atoms with Gasteiger partial charge in [-0.2, -0.15) is 0 Å². The molecule has 0 spiro atoms. The van der Waals surface area contributed by atoms with Gasteiger partial charge in [-0.25, -0.2) is 17.9 Å². The Bertz CT molecular complexity index is 1100. The fraction of sp³-hybridized carbons (Fsp3) is 0.375. The lowest BCUT2D eigenvalue weighted by molar-refractivity contribution is -0.156. The van der Waals surface area contributed by atoms with Crippen LogP contribution in [0.15, 0.2) is 59.5 Å². The standard InChI is InChI=1S/C24H31N3O6S/c1-15(2)21(26-23(29)18-9-7-6-8-10-18)24(30)33-17(5)22(28)25-19-11-13-20(14-12-19)34(31,32)27-16(3)4/h6-17,21,27H,1-5H3,(H,25,28)(H,26,29)/t17?,21-/m0/s1. The van der Waals surface area contributed by atoms with Crippen LogP contribution in [0.25, 0.3) is 0 Å². The Morgan fingerprint density at radius 1 is 0.853 bits per heavy atom. The third-order valence-corrected chi connectivity index (χ3v) is 6.40. The van der Waals surface area contributed by atoms with E-state index in [9.17, 15) is 22.8 Å². The minimum absolute atomic E-state index is 0.0626. The maximum atomic E-state index is 12.7. The molecular formula is C24H31N3O6S. The van der Waals surface area contributed by atoms with Crippen LogP contribution in [-0.4, -0.2) is 44.4 Å². The Morgan fingerprint density at radius 2 is 1.44 bits per heavy atom. The van der Waals surface area contributed by atoms with Gasteiger partial charge in [0.05, 0.1) is 4.90 Å². The number of rotatable bonds is 10. The summed E-state index contributed by atoms with van der Waals surface area (Å²) < 4.78 is 32.2. The molecule has 0 bridgehead atoms. The zero-order valence-corrected chi connectivity index (χ0v) is 20.7. The number of benzene rings is 2. The molecule has 184 valence electrons. The van der Waals surface area contributed by atoms with Crippen LogP contribution in [0.5, 0.6) is 0 Å². The fourth-order valence-electron chi connectivity index (χ4n) is 2.95. The first-order chi connectivity index (χ1) is 15.9. The van der Waals surface area contributed by atoms with Gasteiger partial charge < -0.3 is 15.4 Å². The predicted octanol–water partition coefficient (Wildman–Crippen LogP) is 2.70. The summed E-state index contributed by atoms with van der Waals surface area (Å²) in [6, 6.07) is 12.9. The highest BCUT2D eigenvalue weighted by Crippen LogP contribution is 2.15. The molecule has 0 radical (unpaired) electrons. The SMILES string of the molecule is CC(C)NS(=O)(=O)c1ccc(NC(=O)C(C)OC(=O)[C@@H](NC(=O)c2ccccc2)C(C)C)cc1. The molecule has 2 aromatic carbocycles. The molecule has 34 heavy (non-hydrogen) atoms. The number of esters is 1. The maximum absolute atomic E-state index is 12.7. The Morgan fingerprint density at radius 3 is 1.97 bits per heavy atom. The van der Waals surface area contributed by atoms with Gasteiger partial charge in [0.1, 0.15) is 6.04 Å². The van der Waals surface area contributed by atoms with Crippen LogP contribution in [0.4, 0.5) is 5.69 Å². The second kappa shape index (κ2) is 11.8. The van der Waals surface area contributed by atoms with Crippen molar-refractivity contribution in [1.82, 2.24) is 10.0 Å². The number of carbonyl (C=O) groups is 3. The van der Waals surface area contributed by atoms with Gasteiger partial charge in [-0.1, -0.05) is 32.0 Å². The van der Waals surface area contributed by atoms with Crippen molar-refractivity contribution in [1.29, 1.82) is 0 Å². The molecule has 0 fully saturated rings. The van der Waals surface area contributed by atoms with E-state index in [1.807, 2.05) is 0 Å². The zero-order chi connectivity index (χ0) is 25.5. The number of amides is 2. The summed E-state index contributed by atoms with van der Waals surface area (Å²) in [4.78, 5) is 37.7. The fourth-order valence-corrected chi connectivity index (χ4v) is 4.20. The van der Waals surface area contributed by atoms with Crippen LogP contribution in [0, 0.1) is 5.92 Å². The highest BCUT2D eigenvalue weighted by molar-refractivity contribution is 7.89. The van der Waals surface area contributed by atoms with Gasteiger partial charge in [-0.15, -0.1) is 0 Å². The molecule has 0 saturated carbocycles. The van der Waals surface area contributed by atoms with E-state index in [1.165, 1.54) is 31.2 Å². The van der Waals surface area contributed by atoms with Gasteiger partial charge in [-0.3, -0.25) is 9.59 Å². The van der Waals surface area contributed by atoms with Crippen molar-refractivity contribution in [2.24, 2.45) is 5.92 Å². The van der Waals surface area contributed by atoms with Crippen LogP contribution in [-0.2, 0) is 24.3 Å². The topological polar surface area (TPSA) is 131 Å². The van der Waals surface area contributed by atoms with Crippen LogP contribution >= 0.6 is 0 Å². The van der Waals surface area contributed by atoms with E-state index in [1.54, 1.807) is 58.0 Å². The zero-order valence-electron chi connectivity index (χ0n) is 19.9. The summed E-state index contributed by atoms with van der Waals surface area (Å²) in [6.45, 7) is 8.35. The van der Waals surface area contributed by atoms with Crippen molar-refractivity contribution in [3.63, 3.8) is 0 Å². The molecule has 2 aromatic rings. The Kier molecular flexibility index (Phi) is 9.34. The van der Waals surface area contributed by atoms with E-state index >= 15 is 0 Å². The molecule has 2 rings (SSSR count). The average Bonchev–Trinajstić information content (AvgIpc) is 2.77. The molecular weight excluding hydrogens is 458 g/mol. The molecule has 2 atom stereocenters.